The lowest BCUT2D eigenvalue weighted by Crippen LogP contribution is -2.65. The van der Waals surface area contributed by atoms with Gasteiger partial charge in [-0.1, -0.05) is 15.9 Å². The van der Waals surface area contributed by atoms with Crippen LogP contribution in [0.4, 0.5) is 4.79 Å². The Balaban J connectivity index is 1.66. The van der Waals surface area contributed by atoms with Crippen LogP contribution in [-0.2, 0) is 15.1 Å². The van der Waals surface area contributed by atoms with Crippen molar-refractivity contribution >= 4 is 45.3 Å². The van der Waals surface area contributed by atoms with Crippen molar-refractivity contribution in [2.45, 2.75) is 50.4 Å². The van der Waals surface area contributed by atoms with Crippen LogP contribution in [0.25, 0.3) is 0 Å². The van der Waals surface area contributed by atoms with Gasteiger partial charge in [-0.15, -0.1) is 0 Å². The highest BCUT2D eigenvalue weighted by Gasteiger charge is 2.68. The summed E-state index contributed by atoms with van der Waals surface area (Å²) in [4.78, 5) is 27.2. The number of likely N-dealkylation sites (tertiary alicyclic amines) is 1. The van der Waals surface area contributed by atoms with Crippen molar-refractivity contribution in [2.24, 2.45) is 0 Å². The van der Waals surface area contributed by atoms with Gasteiger partial charge in [0.25, 0.3) is 5.91 Å². The summed E-state index contributed by atoms with van der Waals surface area (Å²) in [5.74, 6) is 0.432. The molecule has 0 aliphatic carbocycles. The normalized spacial score (nSPS) is 25.4. The van der Waals surface area contributed by atoms with Gasteiger partial charge in [0.2, 0.25) is 0 Å². The fraction of sp³-hybridized carbons (Fsp3) is 0.526. The number of fused-ring (bicyclic) bond motifs is 3. The van der Waals surface area contributed by atoms with E-state index >= 15 is 0 Å². The van der Waals surface area contributed by atoms with Crippen LogP contribution in [0.1, 0.15) is 39.2 Å². The molecule has 3 heterocycles. The van der Waals surface area contributed by atoms with Crippen molar-refractivity contribution in [3.05, 3.63) is 28.2 Å². The number of hydrogen-bond acceptors (Lipinski definition) is 5. The molecule has 0 aromatic heterocycles. The van der Waals surface area contributed by atoms with Crippen molar-refractivity contribution in [1.82, 2.24) is 15.5 Å². The predicted octanol–water partition coefficient (Wildman–Crippen LogP) is 2.81. The highest BCUT2D eigenvalue weighted by Crippen LogP contribution is 2.54. The van der Waals surface area contributed by atoms with E-state index in [-0.39, 0.29) is 17.1 Å². The number of carbonyl (C=O) groups is 2. The molecular weight excluding hydrogens is 446 g/mol. The van der Waals surface area contributed by atoms with Crippen molar-refractivity contribution in [2.75, 3.05) is 13.1 Å². The first-order chi connectivity index (χ1) is 13.1. The van der Waals surface area contributed by atoms with E-state index < -0.39 is 16.7 Å². The predicted molar refractivity (Wildman–Crippen MR) is 110 cm³/mol. The molecule has 2 amide bonds. The monoisotopic (exact) mass is 467 g/mol. The summed E-state index contributed by atoms with van der Waals surface area (Å²) in [6.07, 6.45) is 0.595. The average Bonchev–Trinajstić information content (AvgIpc) is 3.03. The van der Waals surface area contributed by atoms with Crippen LogP contribution in [0.15, 0.2) is 22.7 Å². The van der Waals surface area contributed by atoms with Gasteiger partial charge in [0.05, 0.1) is 0 Å². The van der Waals surface area contributed by atoms with Gasteiger partial charge in [-0.05, 0) is 51.2 Å². The first-order valence-corrected chi connectivity index (χ1v) is 10.4. The zero-order chi connectivity index (χ0) is 20.3. The Bertz CT molecular complexity index is 876. The van der Waals surface area contributed by atoms with E-state index in [0.29, 0.717) is 31.7 Å². The van der Waals surface area contributed by atoms with E-state index in [1.54, 1.807) is 4.90 Å². The second kappa shape index (κ2) is 6.32. The molecule has 2 N–H and O–H groups in total. The van der Waals surface area contributed by atoms with E-state index in [0.717, 1.165) is 10.0 Å². The van der Waals surface area contributed by atoms with Crippen LogP contribution in [0, 0.1) is 0 Å². The van der Waals surface area contributed by atoms with E-state index in [1.165, 1.54) is 0 Å². The molecule has 9 heteroatoms. The highest BCUT2D eigenvalue weighted by atomic mass is 79.9. The summed E-state index contributed by atoms with van der Waals surface area (Å²) in [7, 11) is 0. The SMILES string of the molecule is CC(C)(C)OC(=O)N1CCC2(CC1)Oc1ccc(Br)cc1C21NC(=S)NC1=O. The largest absolute Gasteiger partial charge is 0.483 e. The number of nitrogens with zero attached hydrogens (tertiary/aromatic N) is 1. The number of halogens is 1. The molecule has 0 saturated carbocycles. The highest BCUT2D eigenvalue weighted by molar-refractivity contribution is 9.10. The Kier molecular flexibility index (Phi) is 4.39. The van der Waals surface area contributed by atoms with E-state index in [9.17, 15) is 9.59 Å². The van der Waals surface area contributed by atoms with Gasteiger partial charge in [0.15, 0.2) is 10.7 Å². The van der Waals surface area contributed by atoms with Crippen LogP contribution in [0.2, 0.25) is 0 Å². The molecule has 28 heavy (non-hydrogen) atoms. The van der Waals surface area contributed by atoms with Gasteiger partial charge in [0.1, 0.15) is 17.0 Å². The molecule has 7 nitrogen and oxygen atoms in total. The third-order valence-electron chi connectivity index (χ3n) is 5.43. The zero-order valence-corrected chi connectivity index (χ0v) is 18.3. The minimum atomic E-state index is -1.11. The second-order valence-electron chi connectivity index (χ2n) is 8.36. The summed E-state index contributed by atoms with van der Waals surface area (Å²) in [5.41, 5.74) is -1.74. The summed E-state index contributed by atoms with van der Waals surface area (Å²) in [6, 6.07) is 5.63. The third-order valence-corrected chi connectivity index (χ3v) is 6.12. The van der Waals surface area contributed by atoms with Crippen LogP contribution in [-0.4, -0.2) is 46.3 Å². The maximum atomic E-state index is 13.1. The molecule has 0 bridgehead atoms. The summed E-state index contributed by atoms with van der Waals surface area (Å²) >= 11 is 8.73. The molecule has 3 aliphatic rings. The number of amides is 2. The van der Waals surface area contributed by atoms with Gasteiger partial charge in [-0.25, -0.2) is 4.79 Å². The Morgan fingerprint density at radius 2 is 2.00 bits per heavy atom. The standard InChI is InChI=1S/C19H22BrN3O4S/c1-17(2,3)27-16(25)23-8-6-18(7-9-23)19(14(24)21-15(28)22-19)12-10-11(20)4-5-13(12)26-18/h4-5,10H,6-9H2,1-3H3,(H2,21,22,24,28). The summed E-state index contributed by atoms with van der Waals surface area (Å²) in [6.45, 7) is 6.37. The Hall–Kier alpha value is -1.87. The number of rotatable bonds is 0. The van der Waals surface area contributed by atoms with E-state index in [4.69, 9.17) is 21.7 Å². The van der Waals surface area contributed by atoms with Gasteiger partial charge in [0, 0.05) is 36.0 Å². The number of ether oxygens (including phenoxy) is 2. The number of hydrogen-bond donors (Lipinski definition) is 2. The van der Waals surface area contributed by atoms with Crippen LogP contribution in [0.3, 0.4) is 0 Å². The first-order valence-electron chi connectivity index (χ1n) is 9.17. The molecule has 2 spiro atoms. The molecule has 0 radical (unpaired) electrons. The lowest BCUT2D eigenvalue weighted by Gasteiger charge is -2.45. The molecule has 2 fully saturated rings. The maximum absolute atomic E-state index is 13.1. The van der Waals surface area contributed by atoms with Crippen LogP contribution >= 0.6 is 28.1 Å². The minimum Gasteiger partial charge on any atom is -0.483 e. The minimum absolute atomic E-state index is 0.222. The number of carbonyl (C=O) groups excluding carboxylic acids is 2. The molecule has 1 atom stereocenters. The fourth-order valence-electron chi connectivity index (χ4n) is 4.24. The Morgan fingerprint density at radius 3 is 2.57 bits per heavy atom. The van der Waals surface area contributed by atoms with Gasteiger partial charge < -0.3 is 25.0 Å². The van der Waals surface area contributed by atoms with Crippen LogP contribution in [0.5, 0.6) is 5.75 Å². The topological polar surface area (TPSA) is 79.9 Å². The van der Waals surface area contributed by atoms with Gasteiger partial charge in [-0.3, -0.25) is 4.79 Å². The smallest absolute Gasteiger partial charge is 0.410 e. The van der Waals surface area contributed by atoms with Crippen LogP contribution < -0.4 is 15.4 Å². The van der Waals surface area contributed by atoms with Crippen molar-refractivity contribution < 1.29 is 19.1 Å². The van der Waals surface area contributed by atoms with Crippen molar-refractivity contribution in [1.29, 1.82) is 0 Å². The maximum Gasteiger partial charge on any atom is 0.410 e. The number of nitrogens with one attached hydrogen (secondary N) is 2. The molecule has 150 valence electrons. The van der Waals surface area contributed by atoms with Crippen molar-refractivity contribution in [3.63, 3.8) is 0 Å². The summed E-state index contributed by atoms with van der Waals surface area (Å²) < 4.78 is 12.7. The Morgan fingerprint density at radius 1 is 1.32 bits per heavy atom. The molecule has 1 aromatic rings. The van der Waals surface area contributed by atoms with E-state index in [1.807, 2.05) is 39.0 Å². The summed E-state index contributed by atoms with van der Waals surface area (Å²) in [5, 5.41) is 6.21. The molecule has 4 rings (SSSR count). The second-order valence-corrected chi connectivity index (χ2v) is 9.69. The molecule has 2 saturated heterocycles. The van der Waals surface area contributed by atoms with Crippen molar-refractivity contribution in [3.8, 4) is 5.75 Å². The molecular formula is C19H22BrN3O4S. The molecule has 3 aliphatic heterocycles. The lowest BCUT2D eigenvalue weighted by molar-refractivity contribution is -0.134. The fourth-order valence-corrected chi connectivity index (χ4v) is 4.84. The average molecular weight is 468 g/mol. The molecule has 1 aromatic carbocycles. The number of piperidine rings is 1. The molecule has 1 unspecified atom stereocenters. The lowest BCUT2D eigenvalue weighted by atomic mass is 9.71. The number of benzene rings is 1. The third kappa shape index (κ3) is 2.86. The quantitative estimate of drug-likeness (QED) is 0.571. The number of thiocarbonyl (C=S) groups is 1. The van der Waals surface area contributed by atoms with Gasteiger partial charge in [-0.2, -0.15) is 0 Å². The van der Waals surface area contributed by atoms with Gasteiger partial charge >= 0.3 is 6.09 Å². The van der Waals surface area contributed by atoms with E-state index in [2.05, 4.69) is 26.6 Å². The first kappa shape index (κ1) is 19.4. The zero-order valence-electron chi connectivity index (χ0n) is 15.9. The Labute approximate surface area is 177 Å².